The highest BCUT2D eigenvalue weighted by atomic mass is 32.1. The summed E-state index contributed by atoms with van der Waals surface area (Å²) in [6.07, 6.45) is 2.25. The lowest BCUT2D eigenvalue weighted by Crippen LogP contribution is -2.27. The zero-order valence-corrected chi connectivity index (χ0v) is 9.45. The maximum Gasteiger partial charge on any atom is 0.0940 e. The van der Waals surface area contributed by atoms with Crippen LogP contribution in [0.15, 0.2) is 5.38 Å². The van der Waals surface area contributed by atoms with Crippen molar-refractivity contribution in [1.29, 1.82) is 0 Å². The standard InChI is InChI=1S/C10H18N2S/c1-4-8(2)11-6-5-10-12-9(3)7-13-10/h7-8,11H,4-6H2,1-3H3. The molecule has 1 aromatic rings. The molecule has 1 atom stereocenters. The maximum atomic E-state index is 4.41. The summed E-state index contributed by atoms with van der Waals surface area (Å²) >= 11 is 1.76. The Labute approximate surface area is 84.4 Å². The second-order valence-electron chi connectivity index (χ2n) is 3.40. The summed E-state index contributed by atoms with van der Waals surface area (Å²) in [5.41, 5.74) is 1.14. The van der Waals surface area contributed by atoms with E-state index in [0.29, 0.717) is 6.04 Å². The summed E-state index contributed by atoms with van der Waals surface area (Å²) in [7, 11) is 0. The van der Waals surface area contributed by atoms with E-state index < -0.39 is 0 Å². The third-order valence-corrected chi connectivity index (χ3v) is 3.14. The van der Waals surface area contributed by atoms with Crippen LogP contribution >= 0.6 is 11.3 Å². The van der Waals surface area contributed by atoms with Crippen molar-refractivity contribution in [3.63, 3.8) is 0 Å². The van der Waals surface area contributed by atoms with Gasteiger partial charge in [0.1, 0.15) is 0 Å². The Balaban J connectivity index is 2.20. The second kappa shape index (κ2) is 5.35. The van der Waals surface area contributed by atoms with Crippen molar-refractivity contribution in [2.75, 3.05) is 6.54 Å². The maximum absolute atomic E-state index is 4.41. The number of hydrogen-bond donors (Lipinski definition) is 1. The molecule has 0 aliphatic carbocycles. The number of rotatable bonds is 5. The van der Waals surface area contributed by atoms with Gasteiger partial charge in [0.15, 0.2) is 0 Å². The monoisotopic (exact) mass is 198 g/mol. The number of nitrogens with one attached hydrogen (secondary N) is 1. The van der Waals surface area contributed by atoms with Gasteiger partial charge in [0.2, 0.25) is 0 Å². The van der Waals surface area contributed by atoms with E-state index in [1.807, 2.05) is 6.92 Å². The number of nitrogens with zero attached hydrogens (tertiary/aromatic N) is 1. The van der Waals surface area contributed by atoms with Gasteiger partial charge in [-0.1, -0.05) is 6.92 Å². The van der Waals surface area contributed by atoms with Gasteiger partial charge in [0.25, 0.3) is 0 Å². The van der Waals surface area contributed by atoms with Crippen LogP contribution in [0.5, 0.6) is 0 Å². The highest BCUT2D eigenvalue weighted by Crippen LogP contribution is 2.08. The van der Waals surface area contributed by atoms with E-state index in [0.717, 1.165) is 18.7 Å². The van der Waals surface area contributed by atoms with Crippen molar-refractivity contribution in [1.82, 2.24) is 10.3 Å². The fourth-order valence-corrected chi connectivity index (χ4v) is 1.86. The lowest BCUT2D eigenvalue weighted by molar-refractivity contribution is 0.537. The van der Waals surface area contributed by atoms with Gasteiger partial charge in [-0.05, 0) is 20.3 Å². The van der Waals surface area contributed by atoms with Gasteiger partial charge >= 0.3 is 0 Å². The minimum absolute atomic E-state index is 0.626. The lowest BCUT2D eigenvalue weighted by atomic mass is 10.2. The van der Waals surface area contributed by atoms with E-state index in [2.05, 4.69) is 29.5 Å². The number of thiazole rings is 1. The lowest BCUT2D eigenvalue weighted by Gasteiger charge is -2.09. The molecule has 2 nitrogen and oxygen atoms in total. The minimum Gasteiger partial charge on any atom is -0.314 e. The smallest absolute Gasteiger partial charge is 0.0940 e. The highest BCUT2D eigenvalue weighted by molar-refractivity contribution is 7.09. The molecule has 0 aliphatic rings. The Morgan fingerprint density at radius 3 is 2.92 bits per heavy atom. The summed E-state index contributed by atoms with van der Waals surface area (Å²) in [5.74, 6) is 0. The predicted molar refractivity (Wildman–Crippen MR) is 58.3 cm³/mol. The molecule has 1 aromatic heterocycles. The van der Waals surface area contributed by atoms with Gasteiger partial charge in [-0.25, -0.2) is 4.98 Å². The third-order valence-electron chi connectivity index (χ3n) is 2.11. The first-order valence-corrected chi connectivity index (χ1v) is 5.74. The molecular weight excluding hydrogens is 180 g/mol. The van der Waals surface area contributed by atoms with Crippen LogP contribution in [0.1, 0.15) is 31.0 Å². The SMILES string of the molecule is CCC(C)NCCc1nc(C)cs1. The van der Waals surface area contributed by atoms with E-state index in [4.69, 9.17) is 0 Å². The first kappa shape index (κ1) is 10.7. The zero-order chi connectivity index (χ0) is 9.68. The van der Waals surface area contributed by atoms with Crippen molar-refractivity contribution < 1.29 is 0 Å². The van der Waals surface area contributed by atoms with Crippen molar-refractivity contribution >= 4 is 11.3 Å². The topological polar surface area (TPSA) is 24.9 Å². The molecule has 0 fully saturated rings. The van der Waals surface area contributed by atoms with Crippen molar-refractivity contribution in [2.24, 2.45) is 0 Å². The van der Waals surface area contributed by atoms with Gasteiger partial charge in [0.05, 0.1) is 5.01 Å². The fourth-order valence-electron chi connectivity index (χ4n) is 1.09. The molecule has 0 spiro atoms. The van der Waals surface area contributed by atoms with Gasteiger partial charge in [-0.15, -0.1) is 11.3 Å². The van der Waals surface area contributed by atoms with E-state index in [1.54, 1.807) is 11.3 Å². The van der Waals surface area contributed by atoms with Crippen LogP contribution in [-0.2, 0) is 6.42 Å². The second-order valence-corrected chi connectivity index (χ2v) is 4.34. The minimum atomic E-state index is 0.626. The van der Waals surface area contributed by atoms with Gasteiger partial charge in [0, 0.05) is 30.1 Å². The van der Waals surface area contributed by atoms with Crippen LogP contribution in [0.4, 0.5) is 0 Å². The fraction of sp³-hybridized carbons (Fsp3) is 0.700. The van der Waals surface area contributed by atoms with Crippen LogP contribution in [0, 0.1) is 6.92 Å². The average Bonchev–Trinajstić information content (AvgIpc) is 2.51. The zero-order valence-electron chi connectivity index (χ0n) is 8.63. The largest absolute Gasteiger partial charge is 0.314 e. The third kappa shape index (κ3) is 3.87. The molecule has 0 aliphatic heterocycles. The Bertz CT molecular complexity index is 245. The molecule has 1 unspecified atom stereocenters. The molecule has 74 valence electrons. The summed E-state index contributed by atoms with van der Waals surface area (Å²) in [6, 6.07) is 0.626. The molecule has 0 bridgehead atoms. The van der Waals surface area contributed by atoms with Gasteiger partial charge in [-0.2, -0.15) is 0 Å². The molecule has 1 heterocycles. The number of aromatic nitrogens is 1. The molecule has 0 saturated heterocycles. The summed E-state index contributed by atoms with van der Waals surface area (Å²) in [6.45, 7) is 7.50. The van der Waals surface area contributed by atoms with Crippen molar-refractivity contribution in [2.45, 2.75) is 39.7 Å². The number of hydrogen-bond acceptors (Lipinski definition) is 3. The molecule has 0 saturated carbocycles. The van der Waals surface area contributed by atoms with Crippen LogP contribution < -0.4 is 5.32 Å². The molecule has 0 radical (unpaired) electrons. The summed E-state index contributed by atoms with van der Waals surface area (Å²) in [4.78, 5) is 4.41. The Morgan fingerprint density at radius 2 is 2.38 bits per heavy atom. The van der Waals surface area contributed by atoms with Crippen molar-refractivity contribution in [3.05, 3.63) is 16.1 Å². The van der Waals surface area contributed by atoms with Crippen LogP contribution in [-0.4, -0.2) is 17.6 Å². The predicted octanol–water partition coefficient (Wildman–Crippen LogP) is 2.38. The molecule has 3 heteroatoms. The normalized spacial score (nSPS) is 13.2. The summed E-state index contributed by atoms with van der Waals surface area (Å²) in [5, 5.41) is 6.81. The summed E-state index contributed by atoms with van der Waals surface area (Å²) < 4.78 is 0. The number of aryl methyl sites for hydroxylation is 1. The molecule has 1 N–H and O–H groups in total. The van der Waals surface area contributed by atoms with Gasteiger partial charge < -0.3 is 5.32 Å². The Kier molecular flexibility index (Phi) is 4.39. The first-order chi connectivity index (χ1) is 6.22. The average molecular weight is 198 g/mol. The van der Waals surface area contributed by atoms with E-state index in [9.17, 15) is 0 Å². The van der Waals surface area contributed by atoms with Crippen molar-refractivity contribution in [3.8, 4) is 0 Å². The molecule has 0 amide bonds. The van der Waals surface area contributed by atoms with Crippen LogP contribution in [0.2, 0.25) is 0 Å². The Morgan fingerprint density at radius 1 is 1.62 bits per heavy atom. The van der Waals surface area contributed by atoms with E-state index in [-0.39, 0.29) is 0 Å². The molecule has 1 rings (SSSR count). The quantitative estimate of drug-likeness (QED) is 0.785. The first-order valence-electron chi connectivity index (χ1n) is 4.86. The van der Waals surface area contributed by atoms with Gasteiger partial charge in [-0.3, -0.25) is 0 Å². The molecule has 0 aromatic carbocycles. The van der Waals surface area contributed by atoms with Crippen LogP contribution in [0.25, 0.3) is 0 Å². The molecular formula is C10H18N2S. The van der Waals surface area contributed by atoms with Crippen LogP contribution in [0.3, 0.4) is 0 Å². The Hall–Kier alpha value is -0.410. The van der Waals surface area contributed by atoms with E-state index >= 15 is 0 Å². The van der Waals surface area contributed by atoms with E-state index in [1.165, 1.54) is 11.4 Å². The molecule has 13 heavy (non-hydrogen) atoms. The highest BCUT2D eigenvalue weighted by Gasteiger charge is 2.00.